The normalized spacial score (nSPS) is 14.7. The minimum Gasteiger partial charge on any atom is -0.490 e. The Morgan fingerprint density at radius 3 is 2.50 bits per heavy atom. The monoisotopic (exact) mass is 550 g/mol. The zero-order valence-electron chi connectivity index (χ0n) is 18.6. The summed E-state index contributed by atoms with van der Waals surface area (Å²) in [7, 11) is 1.57. The maximum atomic E-state index is 12.7. The fourth-order valence-corrected chi connectivity index (χ4v) is 4.41. The van der Waals surface area contributed by atoms with Gasteiger partial charge in [0.05, 0.1) is 16.4 Å². The van der Waals surface area contributed by atoms with Gasteiger partial charge in [-0.3, -0.25) is 24.6 Å². The van der Waals surface area contributed by atoms with Crippen molar-refractivity contribution >= 4 is 50.6 Å². The van der Waals surface area contributed by atoms with Crippen LogP contribution < -0.4 is 9.47 Å². The molecule has 3 rings (SSSR count). The second-order valence-electron chi connectivity index (χ2n) is 7.15. The van der Waals surface area contributed by atoms with Crippen LogP contribution in [-0.2, 0) is 16.1 Å². The van der Waals surface area contributed by atoms with Crippen molar-refractivity contribution in [2.75, 3.05) is 26.9 Å². The van der Waals surface area contributed by atoms with Gasteiger partial charge < -0.3 is 14.2 Å². The van der Waals surface area contributed by atoms with E-state index in [9.17, 15) is 19.7 Å². The van der Waals surface area contributed by atoms with Gasteiger partial charge in [0.25, 0.3) is 16.8 Å². The quantitative estimate of drug-likeness (QED) is 0.158. The van der Waals surface area contributed by atoms with Crippen molar-refractivity contribution in [2.45, 2.75) is 20.0 Å². The van der Waals surface area contributed by atoms with Crippen LogP contribution in [0.5, 0.6) is 11.5 Å². The standard InChI is InChI=1S/C23H23BrN2O7S/c1-3-32-19-11-16(12-21-22(27)25(23(28)34-21)9-4-10-31-2)18(24)13-20(19)33-14-15-5-7-17(8-6-15)26(29)30/h5-8,11-13H,3-4,9-10,14H2,1-2H3/b21-12+. The number of benzene rings is 2. The number of carbonyl (C=O) groups excluding carboxylic acids is 2. The van der Waals surface area contributed by atoms with E-state index in [1.54, 1.807) is 37.5 Å². The van der Waals surface area contributed by atoms with Crippen molar-refractivity contribution in [2.24, 2.45) is 0 Å². The predicted octanol–water partition coefficient (Wildman–Crippen LogP) is 5.41. The summed E-state index contributed by atoms with van der Waals surface area (Å²) in [5.74, 6) is 0.601. The molecule has 9 nitrogen and oxygen atoms in total. The van der Waals surface area contributed by atoms with Gasteiger partial charge in [0.2, 0.25) is 0 Å². The van der Waals surface area contributed by atoms with Crippen molar-refractivity contribution in [1.29, 1.82) is 0 Å². The Morgan fingerprint density at radius 2 is 1.85 bits per heavy atom. The van der Waals surface area contributed by atoms with Gasteiger partial charge in [-0.25, -0.2) is 0 Å². The number of nitrogens with zero attached hydrogens (tertiary/aromatic N) is 2. The summed E-state index contributed by atoms with van der Waals surface area (Å²) in [4.78, 5) is 36.8. The molecule has 0 saturated carbocycles. The van der Waals surface area contributed by atoms with Crippen LogP contribution in [0.25, 0.3) is 6.08 Å². The molecular formula is C23H23BrN2O7S. The highest BCUT2D eigenvalue weighted by Crippen LogP contribution is 2.38. The van der Waals surface area contributed by atoms with E-state index in [0.717, 1.165) is 17.3 Å². The molecule has 0 N–H and O–H groups in total. The van der Waals surface area contributed by atoms with Crippen molar-refractivity contribution in [3.63, 3.8) is 0 Å². The highest BCUT2D eigenvalue weighted by atomic mass is 79.9. The first-order valence-corrected chi connectivity index (χ1v) is 12.0. The van der Waals surface area contributed by atoms with Crippen LogP contribution in [0.2, 0.25) is 0 Å². The molecule has 1 aliphatic heterocycles. The Morgan fingerprint density at radius 1 is 1.15 bits per heavy atom. The number of nitro groups is 1. The molecule has 0 radical (unpaired) electrons. The fraction of sp³-hybridized carbons (Fsp3) is 0.304. The van der Waals surface area contributed by atoms with Crippen LogP contribution in [-0.4, -0.2) is 47.8 Å². The third kappa shape index (κ3) is 6.37. The lowest BCUT2D eigenvalue weighted by atomic mass is 10.1. The first-order chi connectivity index (χ1) is 16.3. The molecule has 1 heterocycles. The highest BCUT2D eigenvalue weighted by Gasteiger charge is 2.34. The van der Waals surface area contributed by atoms with E-state index >= 15 is 0 Å². The predicted molar refractivity (Wildman–Crippen MR) is 132 cm³/mol. The summed E-state index contributed by atoms with van der Waals surface area (Å²) in [5.41, 5.74) is 1.43. The van der Waals surface area contributed by atoms with E-state index in [4.69, 9.17) is 14.2 Å². The molecule has 34 heavy (non-hydrogen) atoms. The van der Waals surface area contributed by atoms with Gasteiger partial charge in [-0.1, -0.05) is 15.9 Å². The summed E-state index contributed by atoms with van der Waals surface area (Å²) in [6, 6.07) is 9.56. The number of methoxy groups -OCH3 is 1. The highest BCUT2D eigenvalue weighted by molar-refractivity contribution is 9.10. The summed E-state index contributed by atoms with van der Waals surface area (Å²) in [5, 5.41) is 10.5. The lowest BCUT2D eigenvalue weighted by Crippen LogP contribution is -2.29. The maximum Gasteiger partial charge on any atom is 0.293 e. The van der Waals surface area contributed by atoms with Crippen molar-refractivity contribution in [3.8, 4) is 11.5 Å². The number of halogens is 1. The first-order valence-electron chi connectivity index (χ1n) is 10.4. The molecular weight excluding hydrogens is 528 g/mol. The number of hydrogen-bond donors (Lipinski definition) is 0. The van der Waals surface area contributed by atoms with Gasteiger partial charge in [0.15, 0.2) is 11.5 Å². The molecule has 2 amide bonds. The Bertz CT molecular complexity index is 1110. The number of amides is 2. The van der Waals surface area contributed by atoms with Crippen molar-refractivity contribution < 1.29 is 28.7 Å². The van der Waals surface area contributed by atoms with Gasteiger partial charge in [-0.2, -0.15) is 0 Å². The van der Waals surface area contributed by atoms with Crippen LogP contribution in [0.4, 0.5) is 10.5 Å². The molecule has 1 aliphatic rings. The number of nitro benzene ring substituents is 1. The Kier molecular flexibility index (Phi) is 9.08. The Labute approximate surface area is 209 Å². The number of hydrogen-bond acceptors (Lipinski definition) is 8. The number of carbonyl (C=O) groups is 2. The maximum absolute atomic E-state index is 12.7. The molecule has 180 valence electrons. The molecule has 0 atom stereocenters. The summed E-state index contributed by atoms with van der Waals surface area (Å²) < 4.78 is 17.3. The number of rotatable bonds is 11. The van der Waals surface area contributed by atoms with Gasteiger partial charge >= 0.3 is 0 Å². The van der Waals surface area contributed by atoms with Crippen LogP contribution in [0.3, 0.4) is 0 Å². The SMILES string of the molecule is CCOc1cc(/C=C2/SC(=O)N(CCCOC)C2=O)c(Br)cc1OCc1ccc([N+](=O)[O-])cc1. The second-order valence-corrected chi connectivity index (χ2v) is 8.99. The van der Waals surface area contributed by atoms with Gasteiger partial charge in [0, 0.05) is 36.9 Å². The third-order valence-corrected chi connectivity index (χ3v) is 6.39. The minimum atomic E-state index is -0.456. The molecule has 1 saturated heterocycles. The van der Waals surface area contributed by atoms with E-state index < -0.39 is 4.92 Å². The summed E-state index contributed by atoms with van der Waals surface area (Å²) in [6.45, 7) is 3.18. The number of thioether (sulfide) groups is 1. The fourth-order valence-electron chi connectivity index (χ4n) is 3.12. The van der Waals surface area contributed by atoms with Gasteiger partial charge in [-0.05, 0) is 66.6 Å². The van der Waals surface area contributed by atoms with Crippen LogP contribution >= 0.6 is 27.7 Å². The molecule has 0 spiro atoms. The Balaban J connectivity index is 1.78. The van der Waals surface area contributed by atoms with E-state index in [1.807, 2.05) is 6.92 Å². The minimum absolute atomic E-state index is 0.00830. The molecule has 11 heteroatoms. The molecule has 2 aromatic rings. The largest absolute Gasteiger partial charge is 0.490 e. The molecule has 0 unspecified atom stereocenters. The third-order valence-electron chi connectivity index (χ3n) is 4.79. The van der Waals surface area contributed by atoms with E-state index in [1.165, 1.54) is 17.0 Å². The van der Waals surface area contributed by atoms with Crippen molar-refractivity contribution in [3.05, 3.63) is 67.0 Å². The van der Waals surface area contributed by atoms with E-state index in [0.29, 0.717) is 52.6 Å². The van der Waals surface area contributed by atoms with Gasteiger partial charge in [0.1, 0.15) is 6.61 Å². The van der Waals surface area contributed by atoms with Crippen LogP contribution in [0, 0.1) is 10.1 Å². The lowest BCUT2D eigenvalue weighted by molar-refractivity contribution is -0.384. The van der Waals surface area contributed by atoms with Gasteiger partial charge in [-0.15, -0.1) is 0 Å². The molecule has 1 fully saturated rings. The number of ether oxygens (including phenoxy) is 3. The average molecular weight is 551 g/mol. The topological polar surface area (TPSA) is 108 Å². The lowest BCUT2D eigenvalue weighted by Gasteiger charge is -2.14. The average Bonchev–Trinajstić information content (AvgIpc) is 3.08. The Hall–Kier alpha value is -2.89. The zero-order valence-corrected chi connectivity index (χ0v) is 21.0. The van der Waals surface area contributed by atoms with Crippen molar-refractivity contribution in [1.82, 2.24) is 4.90 Å². The zero-order chi connectivity index (χ0) is 24.7. The first kappa shape index (κ1) is 25.7. The van der Waals surface area contributed by atoms with E-state index in [-0.39, 0.29) is 23.4 Å². The molecule has 2 aromatic carbocycles. The van der Waals surface area contributed by atoms with Crippen LogP contribution in [0.1, 0.15) is 24.5 Å². The summed E-state index contributed by atoms with van der Waals surface area (Å²) >= 11 is 4.40. The number of non-ortho nitro benzene ring substituents is 1. The van der Waals surface area contributed by atoms with Crippen LogP contribution in [0.15, 0.2) is 45.8 Å². The second kappa shape index (κ2) is 12.0. The molecule has 0 bridgehead atoms. The smallest absolute Gasteiger partial charge is 0.293 e. The molecule has 0 aliphatic carbocycles. The summed E-state index contributed by atoms with van der Waals surface area (Å²) in [6.07, 6.45) is 2.22. The number of imide groups is 1. The molecule has 0 aromatic heterocycles. The van der Waals surface area contributed by atoms with E-state index in [2.05, 4.69) is 15.9 Å².